The normalized spacial score (nSPS) is 11.1. The van der Waals surface area contributed by atoms with Crippen molar-refractivity contribution in [1.82, 2.24) is 19.7 Å². The number of aryl methyl sites for hydroxylation is 2. The SMILES string of the molecule is Cc1cn(C(C)C)c(NCc2cn[nH]c2C)n1. The fraction of sp³-hybridized carbons (Fsp3) is 0.500. The number of rotatable bonds is 4. The van der Waals surface area contributed by atoms with Crippen molar-refractivity contribution in [3.63, 3.8) is 0 Å². The van der Waals surface area contributed by atoms with E-state index < -0.39 is 0 Å². The van der Waals surface area contributed by atoms with Crippen LogP contribution >= 0.6 is 0 Å². The van der Waals surface area contributed by atoms with Gasteiger partial charge in [0.25, 0.3) is 0 Å². The fourth-order valence-corrected chi connectivity index (χ4v) is 1.77. The van der Waals surface area contributed by atoms with Gasteiger partial charge in [-0.25, -0.2) is 4.98 Å². The molecule has 2 N–H and O–H groups in total. The van der Waals surface area contributed by atoms with Crippen LogP contribution in [-0.2, 0) is 6.54 Å². The average Bonchev–Trinajstić information content (AvgIpc) is 2.82. The second-order valence-corrected chi connectivity index (χ2v) is 4.58. The van der Waals surface area contributed by atoms with Crippen molar-refractivity contribution in [2.45, 2.75) is 40.3 Å². The average molecular weight is 233 g/mol. The number of imidazole rings is 1. The van der Waals surface area contributed by atoms with Gasteiger partial charge >= 0.3 is 0 Å². The van der Waals surface area contributed by atoms with Crippen molar-refractivity contribution in [3.8, 4) is 0 Å². The van der Waals surface area contributed by atoms with Crippen molar-refractivity contribution in [1.29, 1.82) is 0 Å². The van der Waals surface area contributed by atoms with E-state index >= 15 is 0 Å². The van der Waals surface area contributed by atoms with Gasteiger partial charge in [0.1, 0.15) is 0 Å². The molecule has 2 aromatic heterocycles. The minimum Gasteiger partial charge on any atom is -0.351 e. The van der Waals surface area contributed by atoms with Gasteiger partial charge in [0, 0.05) is 30.0 Å². The van der Waals surface area contributed by atoms with E-state index in [0.29, 0.717) is 6.04 Å². The monoisotopic (exact) mass is 233 g/mol. The van der Waals surface area contributed by atoms with E-state index in [4.69, 9.17) is 0 Å². The molecule has 0 aliphatic heterocycles. The van der Waals surface area contributed by atoms with E-state index in [9.17, 15) is 0 Å². The van der Waals surface area contributed by atoms with Gasteiger partial charge in [-0.3, -0.25) is 5.10 Å². The first-order valence-corrected chi connectivity index (χ1v) is 5.86. The number of hydrogen-bond donors (Lipinski definition) is 2. The minimum absolute atomic E-state index is 0.407. The smallest absolute Gasteiger partial charge is 0.203 e. The second-order valence-electron chi connectivity index (χ2n) is 4.58. The van der Waals surface area contributed by atoms with E-state index in [0.717, 1.165) is 23.9 Å². The Bertz CT molecular complexity index is 495. The molecule has 17 heavy (non-hydrogen) atoms. The Morgan fingerprint density at radius 3 is 2.76 bits per heavy atom. The van der Waals surface area contributed by atoms with E-state index in [-0.39, 0.29) is 0 Å². The highest BCUT2D eigenvalue weighted by Crippen LogP contribution is 2.16. The Balaban J connectivity index is 2.11. The topological polar surface area (TPSA) is 58.5 Å². The molecule has 0 unspecified atom stereocenters. The summed E-state index contributed by atoms with van der Waals surface area (Å²) >= 11 is 0. The van der Waals surface area contributed by atoms with Gasteiger partial charge in [0.15, 0.2) is 0 Å². The van der Waals surface area contributed by atoms with Crippen LogP contribution in [0.3, 0.4) is 0 Å². The lowest BCUT2D eigenvalue weighted by atomic mass is 10.3. The molecule has 0 saturated carbocycles. The molecule has 0 radical (unpaired) electrons. The molecule has 0 saturated heterocycles. The van der Waals surface area contributed by atoms with Crippen LogP contribution in [0.4, 0.5) is 5.95 Å². The molecule has 0 amide bonds. The Labute approximate surface area is 101 Å². The maximum atomic E-state index is 4.48. The number of nitrogens with zero attached hydrogens (tertiary/aromatic N) is 3. The van der Waals surface area contributed by atoms with Crippen molar-refractivity contribution in [3.05, 3.63) is 29.3 Å². The fourth-order valence-electron chi connectivity index (χ4n) is 1.77. The minimum atomic E-state index is 0.407. The molecule has 2 aromatic rings. The quantitative estimate of drug-likeness (QED) is 0.852. The van der Waals surface area contributed by atoms with Crippen molar-refractivity contribution >= 4 is 5.95 Å². The molecule has 0 fully saturated rings. The summed E-state index contributed by atoms with van der Waals surface area (Å²) in [6, 6.07) is 0.407. The number of aromatic nitrogens is 4. The third kappa shape index (κ3) is 2.49. The van der Waals surface area contributed by atoms with Crippen LogP contribution in [-0.4, -0.2) is 19.7 Å². The number of hydrogen-bond acceptors (Lipinski definition) is 3. The van der Waals surface area contributed by atoms with Crippen LogP contribution in [0.1, 0.15) is 36.8 Å². The van der Waals surface area contributed by atoms with Crippen LogP contribution in [0.15, 0.2) is 12.4 Å². The molecule has 0 atom stereocenters. The maximum absolute atomic E-state index is 4.48. The van der Waals surface area contributed by atoms with Crippen LogP contribution < -0.4 is 5.32 Å². The van der Waals surface area contributed by atoms with Gasteiger partial charge in [-0.2, -0.15) is 5.10 Å². The van der Waals surface area contributed by atoms with Crippen LogP contribution in [0.5, 0.6) is 0 Å². The Morgan fingerprint density at radius 2 is 2.18 bits per heavy atom. The summed E-state index contributed by atoms with van der Waals surface area (Å²) in [4.78, 5) is 4.48. The molecule has 5 nitrogen and oxygen atoms in total. The third-order valence-electron chi connectivity index (χ3n) is 2.78. The zero-order valence-electron chi connectivity index (χ0n) is 10.8. The highest BCUT2D eigenvalue weighted by Gasteiger charge is 2.08. The third-order valence-corrected chi connectivity index (χ3v) is 2.78. The van der Waals surface area contributed by atoms with Crippen molar-refractivity contribution in [2.75, 3.05) is 5.32 Å². The molecule has 0 aliphatic rings. The number of nitrogens with one attached hydrogen (secondary N) is 2. The predicted octanol–water partition coefficient (Wildman–Crippen LogP) is 2.42. The lowest BCUT2D eigenvalue weighted by Crippen LogP contribution is -2.09. The summed E-state index contributed by atoms with van der Waals surface area (Å²) in [6.07, 6.45) is 3.91. The zero-order valence-corrected chi connectivity index (χ0v) is 10.8. The zero-order chi connectivity index (χ0) is 12.4. The van der Waals surface area contributed by atoms with Gasteiger partial charge in [-0.15, -0.1) is 0 Å². The van der Waals surface area contributed by atoms with E-state index in [1.807, 2.05) is 20.0 Å². The lowest BCUT2D eigenvalue weighted by molar-refractivity contribution is 0.604. The van der Waals surface area contributed by atoms with Crippen molar-refractivity contribution in [2.24, 2.45) is 0 Å². The summed E-state index contributed by atoms with van der Waals surface area (Å²) in [5.74, 6) is 0.915. The summed E-state index contributed by atoms with van der Waals surface area (Å²) < 4.78 is 2.14. The standard InChI is InChI=1S/C12H19N5/c1-8(2)17-7-9(3)15-12(17)13-5-11-6-14-16-10(11)4/h6-8H,5H2,1-4H3,(H,13,15)(H,14,16). The first kappa shape index (κ1) is 11.7. The molecular weight excluding hydrogens is 214 g/mol. The predicted molar refractivity (Wildman–Crippen MR) is 68.0 cm³/mol. The van der Waals surface area contributed by atoms with Crippen LogP contribution in [0.2, 0.25) is 0 Å². The highest BCUT2D eigenvalue weighted by atomic mass is 15.2. The van der Waals surface area contributed by atoms with Crippen LogP contribution in [0.25, 0.3) is 0 Å². The Kier molecular flexibility index (Phi) is 3.17. The van der Waals surface area contributed by atoms with E-state index in [2.05, 4.69) is 45.1 Å². The first-order chi connectivity index (χ1) is 8.08. The summed E-state index contributed by atoms with van der Waals surface area (Å²) in [6.45, 7) is 9.06. The largest absolute Gasteiger partial charge is 0.351 e. The first-order valence-electron chi connectivity index (χ1n) is 5.86. The number of H-pyrrole nitrogens is 1. The molecule has 92 valence electrons. The van der Waals surface area contributed by atoms with Crippen molar-refractivity contribution < 1.29 is 0 Å². The van der Waals surface area contributed by atoms with Gasteiger partial charge in [-0.05, 0) is 27.7 Å². The van der Waals surface area contributed by atoms with Gasteiger partial charge in [0.05, 0.1) is 11.9 Å². The molecule has 0 bridgehead atoms. The molecule has 0 aromatic carbocycles. The molecule has 0 spiro atoms. The van der Waals surface area contributed by atoms with Gasteiger partial charge < -0.3 is 9.88 Å². The summed E-state index contributed by atoms with van der Waals surface area (Å²) in [7, 11) is 0. The summed E-state index contributed by atoms with van der Waals surface area (Å²) in [5.41, 5.74) is 3.29. The van der Waals surface area contributed by atoms with Gasteiger partial charge in [0.2, 0.25) is 5.95 Å². The Morgan fingerprint density at radius 1 is 1.41 bits per heavy atom. The lowest BCUT2D eigenvalue weighted by Gasteiger charge is -2.12. The number of aromatic amines is 1. The molecule has 2 rings (SSSR count). The number of anilines is 1. The Hall–Kier alpha value is -1.78. The molecule has 0 aliphatic carbocycles. The highest BCUT2D eigenvalue weighted by molar-refractivity contribution is 5.31. The molecular formula is C12H19N5. The van der Waals surface area contributed by atoms with E-state index in [1.165, 1.54) is 5.56 Å². The van der Waals surface area contributed by atoms with Gasteiger partial charge in [-0.1, -0.05) is 0 Å². The molecule has 2 heterocycles. The summed E-state index contributed by atoms with van der Waals surface area (Å²) in [5, 5.41) is 10.3. The molecule has 5 heteroatoms. The van der Waals surface area contributed by atoms with E-state index in [1.54, 1.807) is 0 Å². The second kappa shape index (κ2) is 4.61. The maximum Gasteiger partial charge on any atom is 0.203 e. The van der Waals surface area contributed by atoms with Crippen LogP contribution in [0, 0.1) is 13.8 Å².